The second-order valence-electron chi connectivity index (χ2n) is 17.3. The van der Waals surface area contributed by atoms with E-state index in [4.69, 9.17) is 28.9 Å². The number of rotatable bonds is 22. The van der Waals surface area contributed by atoms with Gasteiger partial charge in [-0.1, -0.05) is 37.1 Å². The molecule has 15 heteroatoms. The van der Waals surface area contributed by atoms with Crippen LogP contribution in [-0.2, 0) is 29.1 Å². The SMILES string of the molecule is C=CCO[C@@]12Oc3ccc(Oc4ccc(SC)cc4)cc3[C@H]3[C@H](CCCCO)[C@@H](CCCCO)C=C(C(=NOC4CCCCO4)C[C@@H]1N(CCC)S(=O)(=O)c1ccc(NC(C)=O)cc1)[C@H]32. The minimum Gasteiger partial charge on any atom is -0.460 e. The Hall–Kier alpha value is -4.22. The van der Waals surface area contributed by atoms with Gasteiger partial charge in [0, 0.05) is 61.6 Å². The molecular weight excluding hydrogens is 867 g/mol. The van der Waals surface area contributed by atoms with E-state index in [1.54, 1.807) is 30.0 Å². The van der Waals surface area contributed by atoms with Crippen LogP contribution in [0.3, 0.4) is 0 Å². The summed E-state index contributed by atoms with van der Waals surface area (Å²) in [6.07, 6.45) is 12.9. The molecule has 2 aliphatic carbocycles. The third-order valence-corrected chi connectivity index (χ3v) is 15.6. The van der Waals surface area contributed by atoms with Crippen molar-refractivity contribution in [2.24, 2.45) is 22.9 Å². The number of fused-ring (bicyclic) bond motifs is 2. The van der Waals surface area contributed by atoms with Gasteiger partial charge in [0.25, 0.3) is 0 Å². The smallest absolute Gasteiger partial charge is 0.243 e. The first kappa shape index (κ1) is 48.7. The summed E-state index contributed by atoms with van der Waals surface area (Å²) in [5.41, 5.74) is 2.86. The summed E-state index contributed by atoms with van der Waals surface area (Å²) in [6, 6.07) is 19.0. The quantitative estimate of drug-likeness (QED) is 0.0381. The van der Waals surface area contributed by atoms with Crippen LogP contribution in [0.1, 0.15) is 96.0 Å². The molecule has 65 heavy (non-hydrogen) atoms. The normalized spacial score (nSPS) is 25.5. The van der Waals surface area contributed by atoms with Crippen LogP contribution >= 0.6 is 11.8 Å². The number of sulfonamides is 1. The van der Waals surface area contributed by atoms with E-state index >= 15 is 8.42 Å². The van der Waals surface area contributed by atoms with E-state index in [1.165, 1.54) is 23.4 Å². The molecule has 352 valence electrons. The zero-order valence-corrected chi connectivity index (χ0v) is 39.5. The number of aliphatic hydroxyl groups excluding tert-OH is 2. The highest BCUT2D eigenvalue weighted by Gasteiger charge is 2.66. The lowest BCUT2D eigenvalue weighted by atomic mass is 9.55. The summed E-state index contributed by atoms with van der Waals surface area (Å²) in [5, 5.41) is 27.6. The Kier molecular flexibility index (Phi) is 16.9. The lowest BCUT2D eigenvalue weighted by molar-refractivity contribution is -0.251. The average molecular weight is 932 g/mol. The Morgan fingerprint density at radius 1 is 1.02 bits per heavy atom. The van der Waals surface area contributed by atoms with E-state index in [0.29, 0.717) is 60.9 Å². The molecule has 3 N–H and O–H groups in total. The van der Waals surface area contributed by atoms with Crippen LogP contribution < -0.4 is 14.8 Å². The summed E-state index contributed by atoms with van der Waals surface area (Å²) in [4.78, 5) is 19.3. The predicted molar refractivity (Wildman–Crippen MR) is 253 cm³/mol. The van der Waals surface area contributed by atoms with Crippen LogP contribution in [0.4, 0.5) is 5.69 Å². The largest absolute Gasteiger partial charge is 0.460 e. The zero-order chi connectivity index (χ0) is 46.0. The second-order valence-corrected chi connectivity index (χ2v) is 20.0. The van der Waals surface area contributed by atoms with Crippen molar-refractivity contribution in [2.75, 3.05) is 44.5 Å². The number of allylic oxidation sites excluding steroid dienone is 1. The van der Waals surface area contributed by atoms with Gasteiger partial charge in [0.1, 0.15) is 17.2 Å². The number of unbranched alkanes of at least 4 members (excludes halogenated alkanes) is 2. The standard InChI is InChI=1S/C50H65N3O10S2/c1-5-26-53(65(57,58)40-23-16-36(17-24-40)51-34(3)56)46-33-44(52-63-47-15-9-12-30-59-47)42-31-35(13-7-10-27-54)41(14-8-11-28-55)48-43-32-38(61-37-18-21-39(64-4)22-19-37)20-25-45(43)62-50(46,49(42)48)60-29-6-2/h6,16-25,31-32,35,41,46-49,54-55H,2,5,7-15,26-30,33H2,1,3-4H3,(H,51,56)/t35-,41+,46-,47?,48+,49+,50+/m0/s1. The molecule has 0 spiro atoms. The van der Waals surface area contributed by atoms with Gasteiger partial charge in [-0.15, -0.1) is 18.3 Å². The summed E-state index contributed by atoms with van der Waals surface area (Å²) >= 11 is 1.66. The van der Waals surface area contributed by atoms with E-state index < -0.39 is 34.1 Å². The van der Waals surface area contributed by atoms with Crippen molar-refractivity contribution in [1.29, 1.82) is 0 Å². The van der Waals surface area contributed by atoms with Crippen molar-refractivity contribution in [2.45, 2.75) is 118 Å². The van der Waals surface area contributed by atoms with Crippen LogP contribution in [0.15, 0.2) is 106 Å². The molecular formula is C50H65N3O10S2. The fourth-order valence-corrected chi connectivity index (χ4v) is 12.2. The number of anilines is 1. The molecule has 13 nitrogen and oxygen atoms in total. The summed E-state index contributed by atoms with van der Waals surface area (Å²) in [6.45, 7) is 8.28. The first-order valence-corrected chi connectivity index (χ1v) is 25.8. The van der Waals surface area contributed by atoms with Crippen LogP contribution in [0.2, 0.25) is 0 Å². The molecule has 2 fully saturated rings. The third kappa shape index (κ3) is 11.0. The second kappa shape index (κ2) is 22.5. The van der Waals surface area contributed by atoms with E-state index in [-0.39, 0.29) is 61.3 Å². The molecule has 1 amide bonds. The van der Waals surface area contributed by atoms with Crippen LogP contribution in [0, 0.1) is 17.8 Å². The van der Waals surface area contributed by atoms with Crippen molar-refractivity contribution < 1.29 is 47.2 Å². The van der Waals surface area contributed by atoms with E-state index in [9.17, 15) is 15.0 Å². The molecule has 1 saturated carbocycles. The number of hydrogen-bond donors (Lipinski definition) is 3. The lowest BCUT2D eigenvalue weighted by Crippen LogP contribution is -2.70. The Morgan fingerprint density at radius 3 is 2.42 bits per heavy atom. The van der Waals surface area contributed by atoms with Crippen molar-refractivity contribution in [3.63, 3.8) is 0 Å². The lowest BCUT2D eigenvalue weighted by Gasteiger charge is -2.59. The van der Waals surface area contributed by atoms with Gasteiger partial charge >= 0.3 is 0 Å². The number of hydrogen-bond acceptors (Lipinski definition) is 12. The van der Waals surface area contributed by atoms with E-state index in [2.05, 4.69) is 24.0 Å². The Balaban J connectivity index is 1.45. The molecule has 1 saturated heterocycles. The maximum atomic E-state index is 15.3. The molecule has 7 rings (SSSR count). The van der Waals surface area contributed by atoms with Gasteiger partial charge in [-0.05, 0) is 135 Å². The molecule has 4 aliphatic rings. The van der Waals surface area contributed by atoms with E-state index in [1.807, 2.05) is 49.6 Å². The molecule has 3 aromatic rings. The van der Waals surface area contributed by atoms with Gasteiger partial charge in [0.15, 0.2) is 0 Å². The summed E-state index contributed by atoms with van der Waals surface area (Å²) in [7, 11) is -4.26. The maximum Gasteiger partial charge on any atom is 0.243 e. The predicted octanol–water partition coefficient (Wildman–Crippen LogP) is 9.42. The Labute approximate surface area is 388 Å². The number of nitrogens with one attached hydrogen (secondary N) is 1. The zero-order valence-electron chi connectivity index (χ0n) is 37.9. The number of ether oxygens (including phenoxy) is 4. The highest BCUT2D eigenvalue weighted by Crippen LogP contribution is 2.62. The highest BCUT2D eigenvalue weighted by molar-refractivity contribution is 7.98. The summed E-state index contributed by atoms with van der Waals surface area (Å²) < 4.78 is 59.1. The molecule has 2 aliphatic heterocycles. The maximum absolute atomic E-state index is 15.3. The first-order chi connectivity index (χ1) is 31.6. The van der Waals surface area contributed by atoms with Gasteiger partial charge in [-0.3, -0.25) is 4.79 Å². The number of amides is 1. The van der Waals surface area contributed by atoms with Gasteiger partial charge in [0.2, 0.25) is 28.0 Å². The van der Waals surface area contributed by atoms with Crippen molar-refractivity contribution >= 4 is 39.1 Å². The Morgan fingerprint density at radius 2 is 1.75 bits per heavy atom. The number of benzene rings is 3. The number of aliphatic hydroxyl groups is 2. The van der Waals surface area contributed by atoms with Crippen molar-refractivity contribution in [3.8, 4) is 17.2 Å². The minimum atomic E-state index is -4.26. The fraction of sp³-hybridized carbons (Fsp3) is 0.520. The molecule has 0 aromatic heterocycles. The molecule has 0 bridgehead atoms. The topological polar surface area (TPSA) is 165 Å². The number of nitrogens with zero attached hydrogens (tertiary/aromatic N) is 2. The number of carbonyl (C=O) groups is 1. The minimum absolute atomic E-state index is 0.0142. The van der Waals surface area contributed by atoms with E-state index in [0.717, 1.165) is 54.6 Å². The molecule has 7 atom stereocenters. The fourth-order valence-electron chi connectivity index (χ4n) is 10.1. The van der Waals surface area contributed by atoms with Gasteiger partial charge in [-0.2, -0.15) is 4.31 Å². The van der Waals surface area contributed by atoms with Crippen molar-refractivity contribution in [3.05, 3.63) is 96.6 Å². The monoisotopic (exact) mass is 931 g/mol. The van der Waals surface area contributed by atoms with Crippen LogP contribution in [-0.4, -0.2) is 91.9 Å². The highest BCUT2D eigenvalue weighted by atomic mass is 32.2. The van der Waals surface area contributed by atoms with Gasteiger partial charge < -0.3 is 39.3 Å². The number of thioether (sulfide) groups is 1. The number of oxime groups is 1. The van der Waals surface area contributed by atoms with Crippen LogP contribution in [0.5, 0.6) is 17.2 Å². The Bertz CT molecular complexity index is 2250. The van der Waals surface area contributed by atoms with Gasteiger partial charge in [-0.25, -0.2) is 8.42 Å². The van der Waals surface area contributed by atoms with Crippen LogP contribution in [0.25, 0.3) is 0 Å². The first-order valence-electron chi connectivity index (χ1n) is 23.1. The molecule has 1 unspecified atom stereocenters. The summed E-state index contributed by atoms with van der Waals surface area (Å²) in [5.74, 6) is -0.857. The molecule has 3 aromatic carbocycles. The number of carbonyl (C=O) groups excluding carboxylic acids is 1. The van der Waals surface area contributed by atoms with Gasteiger partial charge in [0.05, 0.1) is 35.8 Å². The molecule has 0 radical (unpaired) electrons. The molecule has 2 heterocycles. The third-order valence-electron chi connectivity index (χ3n) is 12.9. The van der Waals surface area contributed by atoms with Crippen molar-refractivity contribution in [1.82, 2.24) is 4.31 Å². The average Bonchev–Trinajstić information content (AvgIpc) is 3.31.